The molecule has 0 spiro atoms. The number of halogens is 2. The summed E-state index contributed by atoms with van der Waals surface area (Å²) in [7, 11) is 0. The summed E-state index contributed by atoms with van der Waals surface area (Å²) in [6.45, 7) is 2.24. The first-order valence-corrected chi connectivity index (χ1v) is 11.1. The van der Waals surface area contributed by atoms with E-state index in [4.69, 9.17) is 16.3 Å². The average Bonchev–Trinajstić information content (AvgIpc) is 2.78. The molecule has 0 heterocycles. The van der Waals surface area contributed by atoms with Crippen molar-refractivity contribution in [3.8, 4) is 11.8 Å². The third-order valence-electron chi connectivity index (χ3n) is 4.62. The molecule has 0 aliphatic rings. The third kappa shape index (κ3) is 6.33. The molecule has 3 aromatic rings. The van der Waals surface area contributed by atoms with Gasteiger partial charge in [0.2, 0.25) is 0 Å². The fraction of sp³-hybridized carbons (Fsp3) is 0.120. The van der Waals surface area contributed by atoms with Gasteiger partial charge in [0.15, 0.2) is 0 Å². The highest BCUT2D eigenvalue weighted by molar-refractivity contribution is 14.1. The average molecular weight is 543 g/mol. The smallest absolute Gasteiger partial charge is 0.262 e. The molecule has 1 amide bonds. The van der Waals surface area contributed by atoms with Crippen LogP contribution in [0, 0.1) is 14.9 Å². The summed E-state index contributed by atoms with van der Waals surface area (Å²) in [5.41, 5.74) is 2.67. The SMILES string of the molecule is C[C@@H](NC(=O)/C(C#N)=C\c1ccc(OCc2ccccc2Cl)c(I)c1)c1ccccc1. The number of nitrogens with zero attached hydrogens (tertiary/aromatic N) is 1. The van der Waals surface area contributed by atoms with Crippen molar-refractivity contribution in [1.82, 2.24) is 5.32 Å². The van der Waals surface area contributed by atoms with Crippen LogP contribution in [0.4, 0.5) is 0 Å². The molecule has 3 aromatic carbocycles. The quantitative estimate of drug-likeness (QED) is 0.216. The molecule has 0 saturated heterocycles. The summed E-state index contributed by atoms with van der Waals surface area (Å²) in [5, 5.41) is 13.0. The molecule has 0 bridgehead atoms. The Kier molecular flexibility index (Phi) is 8.10. The van der Waals surface area contributed by atoms with Gasteiger partial charge >= 0.3 is 0 Å². The number of carbonyl (C=O) groups is 1. The lowest BCUT2D eigenvalue weighted by molar-refractivity contribution is -0.117. The number of nitrogens with one attached hydrogen (secondary N) is 1. The fourth-order valence-electron chi connectivity index (χ4n) is 2.91. The van der Waals surface area contributed by atoms with E-state index < -0.39 is 5.91 Å². The number of rotatable bonds is 7. The Bertz CT molecular complexity index is 1140. The lowest BCUT2D eigenvalue weighted by Gasteiger charge is -2.14. The molecule has 0 unspecified atom stereocenters. The van der Waals surface area contributed by atoms with Gasteiger partial charge in [0, 0.05) is 10.6 Å². The van der Waals surface area contributed by atoms with Crippen LogP contribution in [0.15, 0.2) is 78.4 Å². The number of ether oxygens (including phenoxy) is 1. The molecule has 0 aliphatic carbocycles. The monoisotopic (exact) mass is 542 g/mol. The maximum absolute atomic E-state index is 12.6. The van der Waals surface area contributed by atoms with Crippen LogP contribution in [-0.2, 0) is 11.4 Å². The van der Waals surface area contributed by atoms with Gasteiger partial charge in [-0.15, -0.1) is 0 Å². The second-order valence-electron chi connectivity index (χ2n) is 6.85. The lowest BCUT2D eigenvalue weighted by Crippen LogP contribution is -2.27. The molecule has 31 heavy (non-hydrogen) atoms. The van der Waals surface area contributed by atoms with Gasteiger partial charge < -0.3 is 10.1 Å². The van der Waals surface area contributed by atoms with E-state index in [2.05, 4.69) is 27.9 Å². The first kappa shape index (κ1) is 22.9. The summed E-state index contributed by atoms with van der Waals surface area (Å²) < 4.78 is 6.75. The predicted molar refractivity (Wildman–Crippen MR) is 132 cm³/mol. The van der Waals surface area contributed by atoms with E-state index >= 15 is 0 Å². The van der Waals surface area contributed by atoms with Gasteiger partial charge in [-0.2, -0.15) is 5.26 Å². The van der Waals surface area contributed by atoms with Crippen molar-refractivity contribution in [2.75, 3.05) is 0 Å². The molecule has 3 rings (SSSR count). The Morgan fingerprint density at radius 3 is 2.55 bits per heavy atom. The van der Waals surface area contributed by atoms with Gasteiger partial charge in [-0.25, -0.2) is 0 Å². The molecule has 1 atom stereocenters. The van der Waals surface area contributed by atoms with E-state index in [1.54, 1.807) is 6.08 Å². The molecular formula is C25H20ClIN2O2. The highest BCUT2D eigenvalue weighted by Gasteiger charge is 2.14. The van der Waals surface area contributed by atoms with Crippen molar-refractivity contribution < 1.29 is 9.53 Å². The van der Waals surface area contributed by atoms with Gasteiger partial charge in [0.1, 0.15) is 24.0 Å². The topological polar surface area (TPSA) is 62.1 Å². The Hall–Kier alpha value is -2.82. The molecule has 6 heteroatoms. The number of amides is 1. The van der Waals surface area contributed by atoms with Crippen LogP contribution in [0.25, 0.3) is 6.08 Å². The first-order valence-electron chi connectivity index (χ1n) is 9.61. The number of nitriles is 1. The Morgan fingerprint density at radius 2 is 1.87 bits per heavy atom. The van der Waals surface area contributed by atoms with Crippen molar-refractivity contribution in [3.63, 3.8) is 0 Å². The van der Waals surface area contributed by atoms with Crippen LogP contribution in [-0.4, -0.2) is 5.91 Å². The lowest BCUT2D eigenvalue weighted by atomic mass is 10.1. The second kappa shape index (κ2) is 11.0. The van der Waals surface area contributed by atoms with Crippen molar-refractivity contribution in [1.29, 1.82) is 5.26 Å². The van der Waals surface area contributed by atoms with E-state index in [1.165, 1.54) is 0 Å². The standard InChI is InChI=1S/C25H20ClIN2O2/c1-17(19-7-3-2-4-8-19)29-25(30)21(15-28)13-18-11-12-24(23(27)14-18)31-16-20-9-5-6-10-22(20)26/h2-14,17H,16H2,1H3,(H,29,30)/b21-13-/t17-/m1/s1. The number of hydrogen-bond donors (Lipinski definition) is 1. The maximum atomic E-state index is 12.6. The van der Waals surface area contributed by atoms with Crippen LogP contribution < -0.4 is 10.1 Å². The predicted octanol–water partition coefficient (Wildman–Crippen LogP) is 6.31. The maximum Gasteiger partial charge on any atom is 0.262 e. The molecule has 4 nitrogen and oxygen atoms in total. The van der Waals surface area contributed by atoms with E-state index in [1.807, 2.05) is 85.8 Å². The minimum absolute atomic E-state index is 0.0447. The highest BCUT2D eigenvalue weighted by Crippen LogP contribution is 2.25. The summed E-state index contributed by atoms with van der Waals surface area (Å²) in [6.07, 6.45) is 1.58. The molecule has 0 saturated carbocycles. The zero-order valence-electron chi connectivity index (χ0n) is 16.8. The molecule has 0 radical (unpaired) electrons. The number of hydrogen-bond acceptors (Lipinski definition) is 3. The van der Waals surface area contributed by atoms with Gasteiger partial charge in [-0.05, 0) is 64.9 Å². The van der Waals surface area contributed by atoms with Crippen molar-refractivity contribution in [2.45, 2.75) is 19.6 Å². The van der Waals surface area contributed by atoms with Crippen LogP contribution in [0.1, 0.15) is 29.7 Å². The van der Waals surface area contributed by atoms with Crippen molar-refractivity contribution >= 4 is 46.2 Å². The van der Waals surface area contributed by atoms with E-state index in [0.29, 0.717) is 17.4 Å². The Balaban J connectivity index is 1.69. The molecule has 0 aliphatic heterocycles. The molecule has 156 valence electrons. The molecule has 0 aromatic heterocycles. The third-order valence-corrected chi connectivity index (χ3v) is 5.83. The Labute approximate surface area is 200 Å². The van der Waals surface area contributed by atoms with Crippen molar-refractivity contribution in [3.05, 3.63) is 104 Å². The minimum atomic E-state index is -0.409. The largest absolute Gasteiger partial charge is 0.488 e. The second-order valence-corrected chi connectivity index (χ2v) is 8.41. The Morgan fingerprint density at radius 1 is 1.16 bits per heavy atom. The summed E-state index contributed by atoms with van der Waals surface area (Å²) in [6, 6.07) is 24.4. The fourth-order valence-corrected chi connectivity index (χ4v) is 3.79. The van der Waals surface area contributed by atoms with Crippen LogP contribution in [0.5, 0.6) is 5.75 Å². The zero-order valence-corrected chi connectivity index (χ0v) is 19.7. The van der Waals surface area contributed by atoms with E-state index in [-0.39, 0.29) is 11.6 Å². The molecular weight excluding hydrogens is 523 g/mol. The minimum Gasteiger partial charge on any atom is -0.488 e. The number of benzene rings is 3. The summed E-state index contributed by atoms with van der Waals surface area (Å²) in [4.78, 5) is 12.6. The van der Waals surface area contributed by atoms with E-state index in [9.17, 15) is 10.1 Å². The zero-order chi connectivity index (χ0) is 22.2. The first-order chi connectivity index (χ1) is 15.0. The molecule has 1 N–H and O–H groups in total. The van der Waals surface area contributed by atoms with Crippen LogP contribution in [0.2, 0.25) is 5.02 Å². The van der Waals surface area contributed by atoms with Crippen LogP contribution >= 0.6 is 34.2 Å². The summed E-state index contributed by atoms with van der Waals surface area (Å²) in [5.74, 6) is 0.297. The van der Waals surface area contributed by atoms with Gasteiger partial charge in [0.05, 0.1) is 9.61 Å². The van der Waals surface area contributed by atoms with Gasteiger partial charge in [-0.3, -0.25) is 4.79 Å². The van der Waals surface area contributed by atoms with Crippen molar-refractivity contribution in [2.24, 2.45) is 0 Å². The van der Waals surface area contributed by atoms with E-state index in [0.717, 1.165) is 20.3 Å². The number of carbonyl (C=O) groups excluding carboxylic acids is 1. The summed E-state index contributed by atoms with van der Waals surface area (Å²) >= 11 is 8.35. The molecule has 0 fully saturated rings. The van der Waals surface area contributed by atoms with Crippen LogP contribution in [0.3, 0.4) is 0 Å². The van der Waals surface area contributed by atoms with Gasteiger partial charge in [-0.1, -0.05) is 66.2 Å². The highest BCUT2D eigenvalue weighted by atomic mass is 127. The van der Waals surface area contributed by atoms with Gasteiger partial charge in [0.25, 0.3) is 5.91 Å². The normalized spacial score (nSPS) is 12.0.